The maximum atomic E-state index is 3.95. The van der Waals surface area contributed by atoms with Gasteiger partial charge in [-0.2, -0.15) is 0 Å². The third-order valence-corrected chi connectivity index (χ3v) is 3.88. The van der Waals surface area contributed by atoms with Gasteiger partial charge in [-0.25, -0.2) is 0 Å². The van der Waals surface area contributed by atoms with E-state index in [-0.39, 0.29) is 0 Å². The summed E-state index contributed by atoms with van der Waals surface area (Å²) in [6.45, 7) is 0.905. The lowest BCUT2D eigenvalue weighted by atomic mass is 10.3. The van der Waals surface area contributed by atoms with Crippen LogP contribution in [0.1, 0.15) is 4.88 Å². The smallest absolute Gasteiger partial charge is 0.206 e. The SMILES string of the molecule is Brc1nnc(NCCc2cccs2)s1. The van der Waals surface area contributed by atoms with Crippen molar-refractivity contribution in [3.8, 4) is 0 Å². The molecular weight excluding hydrogens is 282 g/mol. The van der Waals surface area contributed by atoms with E-state index in [0.29, 0.717) is 0 Å². The highest BCUT2D eigenvalue weighted by Crippen LogP contribution is 2.20. The van der Waals surface area contributed by atoms with Crippen LogP contribution in [-0.4, -0.2) is 16.7 Å². The number of nitrogens with one attached hydrogen (secondary N) is 1. The van der Waals surface area contributed by atoms with Crippen molar-refractivity contribution in [3.63, 3.8) is 0 Å². The summed E-state index contributed by atoms with van der Waals surface area (Å²) in [6, 6.07) is 4.21. The van der Waals surface area contributed by atoms with E-state index in [9.17, 15) is 0 Å². The minimum atomic E-state index is 0.816. The summed E-state index contributed by atoms with van der Waals surface area (Å²) in [5, 5.41) is 14.0. The highest BCUT2D eigenvalue weighted by Gasteiger charge is 1.99. The predicted octanol–water partition coefficient (Wildman–Crippen LogP) is 3.02. The van der Waals surface area contributed by atoms with Gasteiger partial charge in [-0.15, -0.1) is 21.5 Å². The van der Waals surface area contributed by atoms with Crippen LogP contribution in [0.25, 0.3) is 0 Å². The molecule has 0 spiro atoms. The number of hydrogen-bond acceptors (Lipinski definition) is 5. The van der Waals surface area contributed by atoms with E-state index < -0.39 is 0 Å². The Morgan fingerprint density at radius 1 is 1.43 bits per heavy atom. The van der Waals surface area contributed by atoms with Crippen molar-refractivity contribution in [1.82, 2.24) is 10.2 Å². The normalized spacial score (nSPS) is 10.4. The number of rotatable bonds is 4. The van der Waals surface area contributed by atoms with Gasteiger partial charge in [0.05, 0.1) is 0 Å². The molecule has 2 aromatic rings. The maximum Gasteiger partial charge on any atom is 0.206 e. The molecule has 2 aromatic heterocycles. The average Bonchev–Trinajstić information content (AvgIpc) is 2.77. The van der Waals surface area contributed by atoms with Gasteiger partial charge < -0.3 is 5.32 Å². The Kier molecular flexibility index (Phi) is 3.49. The minimum Gasteiger partial charge on any atom is -0.360 e. The van der Waals surface area contributed by atoms with E-state index in [1.807, 2.05) is 0 Å². The van der Waals surface area contributed by atoms with Gasteiger partial charge in [0.25, 0.3) is 0 Å². The van der Waals surface area contributed by atoms with E-state index >= 15 is 0 Å². The van der Waals surface area contributed by atoms with Crippen LogP contribution in [0.3, 0.4) is 0 Å². The zero-order valence-corrected chi connectivity index (χ0v) is 10.5. The zero-order valence-electron chi connectivity index (χ0n) is 7.24. The van der Waals surface area contributed by atoms with E-state index in [2.05, 4.69) is 49.0 Å². The second kappa shape index (κ2) is 4.86. The molecule has 0 unspecified atom stereocenters. The summed E-state index contributed by atoms with van der Waals surface area (Å²) in [7, 11) is 0. The quantitative estimate of drug-likeness (QED) is 0.940. The van der Waals surface area contributed by atoms with Crippen molar-refractivity contribution in [1.29, 1.82) is 0 Å². The highest BCUT2D eigenvalue weighted by atomic mass is 79.9. The van der Waals surface area contributed by atoms with Crippen molar-refractivity contribution in [3.05, 3.63) is 26.3 Å². The van der Waals surface area contributed by atoms with Crippen LogP contribution in [0.4, 0.5) is 5.13 Å². The number of halogens is 1. The number of nitrogens with zero attached hydrogens (tertiary/aromatic N) is 2. The fourth-order valence-electron chi connectivity index (χ4n) is 1.02. The van der Waals surface area contributed by atoms with Gasteiger partial charge in [0.15, 0.2) is 3.92 Å². The van der Waals surface area contributed by atoms with E-state index in [1.54, 1.807) is 11.3 Å². The van der Waals surface area contributed by atoms with Crippen molar-refractivity contribution in [2.24, 2.45) is 0 Å². The predicted molar refractivity (Wildman–Crippen MR) is 64.1 cm³/mol. The molecule has 14 heavy (non-hydrogen) atoms. The maximum absolute atomic E-state index is 3.95. The van der Waals surface area contributed by atoms with Crippen molar-refractivity contribution in [2.45, 2.75) is 6.42 Å². The molecule has 0 fully saturated rings. The molecule has 0 aliphatic rings. The van der Waals surface area contributed by atoms with Gasteiger partial charge >= 0.3 is 0 Å². The Balaban J connectivity index is 1.78. The summed E-state index contributed by atoms with van der Waals surface area (Å²) in [4.78, 5) is 1.39. The summed E-state index contributed by atoms with van der Waals surface area (Å²) < 4.78 is 0.816. The fraction of sp³-hybridized carbons (Fsp3) is 0.250. The van der Waals surface area contributed by atoms with Crippen LogP contribution in [0, 0.1) is 0 Å². The molecule has 6 heteroatoms. The van der Waals surface area contributed by atoms with Crippen LogP contribution in [0.15, 0.2) is 21.4 Å². The molecular formula is C8H8BrN3S2. The monoisotopic (exact) mass is 289 g/mol. The molecule has 0 saturated carbocycles. The molecule has 0 saturated heterocycles. The first-order chi connectivity index (χ1) is 6.84. The Morgan fingerprint density at radius 3 is 3.00 bits per heavy atom. The molecule has 0 bridgehead atoms. The first-order valence-electron chi connectivity index (χ1n) is 4.10. The Labute approximate surface area is 98.3 Å². The van der Waals surface area contributed by atoms with Gasteiger partial charge in [0, 0.05) is 11.4 Å². The molecule has 3 nitrogen and oxygen atoms in total. The Bertz CT molecular complexity index is 385. The lowest BCUT2D eigenvalue weighted by molar-refractivity contribution is 1.00. The molecule has 2 heterocycles. The summed E-state index contributed by atoms with van der Waals surface area (Å²) >= 11 is 6.56. The highest BCUT2D eigenvalue weighted by molar-refractivity contribution is 9.11. The van der Waals surface area contributed by atoms with E-state index in [4.69, 9.17) is 0 Å². The lowest BCUT2D eigenvalue weighted by Gasteiger charge is -1.98. The topological polar surface area (TPSA) is 37.8 Å². The summed E-state index contributed by atoms with van der Waals surface area (Å²) in [5.74, 6) is 0. The molecule has 0 atom stereocenters. The standard InChI is InChI=1S/C8H8BrN3S2/c9-7-11-12-8(14-7)10-4-3-6-2-1-5-13-6/h1-2,5H,3-4H2,(H,10,12). The van der Waals surface area contributed by atoms with Crippen LogP contribution in [0.5, 0.6) is 0 Å². The van der Waals surface area contributed by atoms with Gasteiger partial charge in [0.1, 0.15) is 0 Å². The number of hydrogen-bond donors (Lipinski definition) is 1. The molecule has 74 valence electrons. The number of thiophene rings is 1. The first-order valence-corrected chi connectivity index (χ1v) is 6.59. The van der Waals surface area contributed by atoms with Crippen LogP contribution in [0.2, 0.25) is 0 Å². The summed E-state index contributed by atoms with van der Waals surface area (Å²) in [5.41, 5.74) is 0. The fourth-order valence-corrected chi connectivity index (χ4v) is 2.77. The third kappa shape index (κ3) is 2.76. The van der Waals surface area contributed by atoms with Crippen molar-refractivity contribution in [2.75, 3.05) is 11.9 Å². The Morgan fingerprint density at radius 2 is 2.36 bits per heavy atom. The molecule has 0 aromatic carbocycles. The van der Waals surface area contributed by atoms with Gasteiger partial charge in [-0.3, -0.25) is 0 Å². The number of aromatic nitrogens is 2. The second-order valence-electron chi connectivity index (χ2n) is 2.62. The second-order valence-corrected chi connectivity index (χ2v) is 5.90. The average molecular weight is 290 g/mol. The number of anilines is 1. The minimum absolute atomic E-state index is 0.816. The molecule has 2 rings (SSSR count). The molecule has 0 aliphatic carbocycles. The van der Waals surface area contributed by atoms with Gasteiger partial charge in [-0.05, 0) is 33.8 Å². The molecule has 0 aliphatic heterocycles. The van der Waals surface area contributed by atoms with Crippen LogP contribution < -0.4 is 5.32 Å². The van der Waals surface area contributed by atoms with Crippen LogP contribution >= 0.6 is 38.6 Å². The Hall–Kier alpha value is -0.460. The first kappa shape index (κ1) is 10.1. The van der Waals surface area contributed by atoms with Crippen molar-refractivity contribution >= 4 is 43.7 Å². The van der Waals surface area contributed by atoms with Crippen LogP contribution in [-0.2, 0) is 6.42 Å². The molecule has 1 N–H and O–H groups in total. The largest absolute Gasteiger partial charge is 0.360 e. The molecule has 0 radical (unpaired) electrons. The lowest BCUT2D eigenvalue weighted by Crippen LogP contribution is -2.03. The third-order valence-electron chi connectivity index (χ3n) is 1.63. The van der Waals surface area contributed by atoms with E-state index in [0.717, 1.165) is 22.0 Å². The summed E-state index contributed by atoms with van der Waals surface area (Å²) in [6.07, 6.45) is 1.04. The zero-order chi connectivity index (χ0) is 9.80. The van der Waals surface area contributed by atoms with E-state index in [1.165, 1.54) is 16.2 Å². The van der Waals surface area contributed by atoms with Gasteiger partial charge in [-0.1, -0.05) is 17.4 Å². The van der Waals surface area contributed by atoms with Gasteiger partial charge in [0.2, 0.25) is 5.13 Å². The molecule has 0 amide bonds. The van der Waals surface area contributed by atoms with Crippen molar-refractivity contribution < 1.29 is 0 Å².